The molecule has 0 spiro atoms. The van der Waals surface area contributed by atoms with Crippen LogP contribution in [-0.4, -0.2) is 20.2 Å². The van der Waals surface area contributed by atoms with Gasteiger partial charge in [-0.05, 0) is 50.0 Å². The first-order chi connectivity index (χ1) is 8.36. The molecule has 1 aromatic carbocycles. The fraction of sp³-hybridized carbons (Fsp3) is 0.467. The van der Waals surface area contributed by atoms with E-state index in [0.29, 0.717) is 0 Å². The average molecular weight is 231 g/mol. The Hall–Kier alpha value is -1.46. The summed E-state index contributed by atoms with van der Waals surface area (Å²) in [6, 6.07) is 8.22. The van der Waals surface area contributed by atoms with E-state index in [1.54, 1.807) is 7.11 Å². The van der Waals surface area contributed by atoms with Gasteiger partial charge in [0.1, 0.15) is 5.75 Å². The van der Waals surface area contributed by atoms with Gasteiger partial charge in [0, 0.05) is 6.42 Å². The largest absolute Gasteiger partial charge is 0.497 e. The number of unbranched alkanes of at least 4 members (excludes halogenated alkanes) is 2. The van der Waals surface area contributed by atoms with Crippen LogP contribution in [0.4, 0.5) is 0 Å². The lowest BCUT2D eigenvalue weighted by Crippen LogP contribution is -2.18. The van der Waals surface area contributed by atoms with Gasteiger partial charge < -0.3 is 10.1 Å². The zero-order valence-electron chi connectivity index (χ0n) is 10.5. The summed E-state index contributed by atoms with van der Waals surface area (Å²) in [6.07, 6.45) is 9.41. The second-order valence-corrected chi connectivity index (χ2v) is 4.01. The van der Waals surface area contributed by atoms with Crippen LogP contribution in [0, 0.1) is 12.3 Å². The first kappa shape index (κ1) is 13.6. The van der Waals surface area contributed by atoms with Crippen LogP contribution in [-0.2, 0) is 6.42 Å². The van der Waals surface area contributed by atoms with Crippen LogP contribution in [0.1, 0.15) is 24.8 Å². The average Bonchev–Trinajstić information content (AvgIpc) is 2.38. The molecular weight excluding hydrogens is 210 g/mol. The van der Waals surface area contributed by atoms with Crippen molar-refractivity contribution in [2.24, 2.45) is 0 Å². The van der Waals surface area contributed by atoms with E-state index in [9.17, 15) is 0 Å². The van der Waals surface area contributed by atoms with Gasteiger partial charge in [-0.1, -0.05) is 12.1 Å². The quantitative estimate of drug-likeness (QED) is 0.548. The van der Waals surface area contributed by atoms with Gasteiger partial charge in [-0.3, -0.25) is 0 Å². The van der Waals surface area contributed by atoms with Crippen molar-refractivity contribution in [3.63, 3.8) is 0 Å². The number of ether oxygens (including phenoxy) is 1. The van der Waals surface area contributed by atoms with Crippen LogP contribution in [0.15, 0.2) is 24.3 Å². The molecule has 0 bridgehead atoms. The molecule has 0 saturated heterocycles. The summed E-state index contributed by atoms with van der Waals surface area (Å²) >= 11 is 0. The molecule has 0 aliphatic rings. The Morgan fingerprint density at radius 1 is 1.18 bits per heavy atom. The predicted octanol–water partition coefficient (Wildman–Crippen LogP) is 2.63. The minimum absolute atomic E-state index is 0.889. The SMILES string of the molecule is C#CCCCCNCCc1ccc(OC)cc1. The summed E-state index contributed by atoms with van der Waals surface area (Å²) in [5.74, 6) is 3.57. The predicted molar refractivity (Wildman–Crippen MR) is 72.3 cm³/mol. The maximum absolute atomic E-state index is 5.19. The monoisotopic (exact) mass is 231 g/mol. The summed E-state index contributed by atoms with van der Waals surface area (Å²) in [5, 5.41) is 3.42. The van der Waals surface area contributed by atoms with Crippen molar-refractivity contribution < 1.29 is 4.74 Å². The van der Waals surface area contributed by atoms with Gasteiger partial charge >= 0.3 is 0 Å². The Morgan fingerprint density at radius 3 is 2.59 bits per heavy atom. The third kappa shape index (κ3) is 5.99. The lowest BCUT2D eigenvalue weighted by atomic mass is 10.1. The summed E-state index contributed by atoms with van der Waals surface area (Å²) < 4.78 is 5.12. The summed E-state index contributed by atoms with van der Waals surface area (Å²) in [7, 11) is 1.69. The van der Waals surface area contributed by atoms with Crippen molar-refractivity contribution in [3.8, 4) is 18.1 Å². The Kier molecular flexibility index (Phi) is 6.93. The van der Waals surface area contributed by atoms with Crippen molar-refractivity contribution >= 4 is 0 Å². The van der Waals surface area contributed by atoms with Gasteiger partial charge in [0.15, 0.2) is 0 Å². The fourth-order valence-corrected chi connectivity index (χ4v) is 1.63. The van der Waals surface area contributed by atoms with Gasteiger partial charge in [-0.25, -0.2) is 0 Å². The summed E-state index contributed by atoms with van der Waals surface area (Å²) in [6.45, 7) is 2.07. The highest BCUT2D eigenvalue weighted by atomic mass is 16.5. The van der Waals surface area contributed by atoms with E-state index in [-0.39, 0.29) is 0 Å². The molecular formula is C15H21NO. The minimum atomic E-state index is 0.889. The molecule has 0 fully saturated rings. The number of hydrogen-bond acceptors (Lipinski definition) is 2. The number of nitrogens with one attached hydrogen (secondary N) is 1. The molecule has 0 atom stereocenters. The highest BCUT2D eigenvalue weighted by Gasteiger charge is 1.94. The van der Waals surface area contributed by atoms with Gasteiger partial charge in [0.25, 0.3) is 0 Å². The molecule has 17 heavy (non-hydrogen) atoms. The maximum Gasteiger partial charge on any atom is 0.118 e. The topological polar surface area (TPSA) is 21.3 Å². The molecule has 1 N–H and O–H groups in total. The minimum Gasteiger partial charge on any atom is -0.497 e. The van der Waals surface area contributed by atoms with Crippen LogP contribution in [0.5, 0.6) is 5.75 Å². The molecule has 0 aromatic heterocycles. The van der Waals surface area contributed by atoms with Crippen molar-refractivity contribution in [2.45, 2.75) is 25.7 Å². The third-order valence-electron chi connectivity index (χ3n) is 2.67. The molecule has 0 amide bonds. The smallest absolute Gasteiger partial charge is 0.118 e. The molecule has 0 radical (unpaired) electrons. The third-order valence-corrected chi connectivity index (χ3v) is 2.67. The number of methoxy groups -OCH3 is 1. The Balaban J connectivity index is 2.08. The molecule has 0 unspecified atom stereocenters. The Labute approximate surface area is 104 Å². The Morgan fingerprint density at radius 2 is 1.94 bits per heavy atom. The van der Waals surface area contributed by atoms with Gasteiger partial charge in [-0.2, -0.15) is 0 Å². The standard InChI is InChI=1S/C15H21NO/c1-3-4-5-6-12-16-13-11-14-7-9-15(17-2)10-8-14/h1,7-10,16H,4-6,11-13H2,2H3. The summed E-state index contributed by atoms with van der Waals surface area (Å²) in [4.78, 5) is 0. The molecule has 2 heteroatoms. The lowest BCUT2D eigenvalue weighted by Gasteiger charge is -2.05. The zero-order valence-corrected chi connectivity index (χ0v) is 10.5. The number of benzene rings is 1. The van der Waals surface area contributed by atoms with E-state index in [1.165, 1.54) is 5.56 Å². The van der Waals surface area contributed by atoms with E-state index in [1.807, 2.05) is 12.1 Å². The van der Waals surface area contributed by atoms with Crippen LogP contribution >= 0.6 is 0 Å². The molecule has 0 saturated carbocycles. The zero-order chi connectivity index (χ0) is 12.3. The first-order valence-electron chi connectivity index (χ1n) is 6.14. The highest BCUT2D eigenvalue weighted by Crippen LogP contribution is 2.11. The van der Waals surface area contributed by atoms with Gasteiger partial charge in [0.2, 0.25) is 0 Å². The maximum atomic E-state index is 5.19. The number of hydrogen-bond donors (Lipinski definition) is 1. The Bertz CT molecular complexity index is 337. The van der Waals surface area contributed by atoms with Gasteiger partial charge in [-0.15, -0.1) is 12.3 Å². The lowest BCUT2D eigenvalue weighted by molar-refractivity contribution is 0.414. The van der Waals surface area contributed by atoms with Crippen molar-refractivity contribution in [1.29, 1.82) is 0 Å². The van der Waals surface area contributed by atoms with Crippen LogP contribution in [0.2, 0.25) is 0 Å². The number of terminal acetylenes is 1. The van der Waals surface area contributed by atoms with Crippen LogP contribution < -0.4 is 10.1 Å². The van der Waals surface area contributed by atoms with Crippen LogP contribution in [0.25, 0.3) is 0 Å². The number of rotatable bonds is 8. The van der Waals surface area contributed by atoms with E-state index < -0.39 is 0 Å². The van der Waals surface area contributed by atoms with E-state index >= 15 is 0 Å². The molecule has 0 aliphatic heterocycles. The van der Waals surface area contributed by atoms with E-state index in [4.69, 9.17) is 11.2 Å². The van der Waals surface area contributed by atoms with Crippen molar-refractivity contribution in [3.05, 3.63) is 29.8 Å². The molecule has 0 heterocycles. The molecule has 92 valence electrons. The van der Waals surface area contributed by atoms with E-state index in [0.717, 1.165) is 44.5 Å². The van der Waals surface area contributed by atoms with E-state index in [2.05, 4.69) is 23.4 Å². The van der Waals surface area contributed by atoms with Crippen molar-refractivity contribution in [1.82, 2.24) is 5.32 Å². The molecule has 1 rings (SSSR count). The second kappa shape index (κ2) is 8.66. The molecule has 1 aromatic rings. The van der Waals surface area contributed by atoms with Crippen LogP contribution in [0.3, 0.4) is 0 Å². The normalized spacial score (nSPS) is 9.88. The fourth-order valence-electron chi connectivity index (χ4n) is 1.63. The van der Waals surface area contributed by atoms with Crippen molar-refractivity contribution in [2.75, 3.05) is 20.2 Å². The molecule has 2 nitrogen and oxygen atoms in total. The summed E-state index contributed by atoms with van der Waals surface area (Å²) in [5.41, 5.74) is 1.34. The second-order valence-electron chi connectivity index (χ2n) is 4.01. The van der Waals surface area contributed by atoms with Gasteiger partial charge in [0.05, 0.1) is 7.11 Å². The highest BCUT2D eigenvalue weighted by molar-refractivity contribution is 5.27. The first-order valence-corrected chi connectivity index (χ1v) is 6.14. The molecule has 0 aliphatic carbocycles.